The SMILES string of the molecule is C=CCNC(=O)/C(C#N)=C/c1c[nH]c2ccccc12. The zero-order valence-corrected chi connectivity index (χ0v) is 10.3. The Balaban J connectivity index is 2.35. The van der Waals surface area contributed by atoms with Crippen molar-refractivity contribution in [2.24, 2.45) is 0 Å². The molecule has 2 N–H and O–H groups in total. The lowest BCUT2D eigenvalue weighted by atomic mass is 10.1. The van der Waals surface area contributed by atoms with E-state index in [-0.39, 0.29) is 5.57 Å². The number of nitrogens with one attached hydrogen (secondary N) is 2. The number of aromatic nitrogens is 1. The highest BCUT2D eigenvalue weighted by Crippen LogP contribution is 2.20. The third-order valence-electron chi connectivity index (χ3n) is 2.69. The maximum absolute atomic E-state index is 11.7. The fourth-order valence-electron chi connectivity index (χ4n) is 1.78. The summed E-state index contributed by atoms with van der Waals surface area (Å²) < 4.78 is 0. The lowest BCUT2D eigenvalue weighted by Crippen LogP contribution is -2.24. The number of H-pyrrole nitrogens is 1. The predicted molar refractivity (Wildman–Crippen MR) is 75.1 cm³/mol. The van der Waals surface area contributed by atoms with Gasteiger partial charge in [0.25, 0.3) is 5.91 Å². The molecule has 1 heterocycles. The van der Waals surface area contributed by atoms with Crippen LogP contribution in [0, 0.1) is 11.3 Å². The quantitative estimate of drug-likeness (QED) is 0.497. The van der Waals surface area contributed by atoms with Crippen LogP contribution in [0.3, 0.4) is 0 Å². The molecule has 1 amide bonds. The molecule has 0 saturated carbocycles. The summed E-state index contributed by atoms with van der Waals surface area (Å²) in [7, 11) is 0. The van der Waals surface area contributed by atoms with E-state index in [0.717, 1.165) is 16.5 Å². The number of nitriles is 1. The molecule has 0 atom stereocenters. The Hall–Kier alpha value is -2.80. The molecule has 1 aromatic carbocycles. The van der Waals surface area contributed by atoms with E-state index < -0.39 is 5.91 Å². The van der Waals surface area contributed by atoms with Crippen molar-refractivity contribution in [3.8, 4) is 6.07 Å². The van der Waals surface area contributed by atoms with Gasteiger partial charge in [0.15, 0.2) is 0 Å². The van der Waals surface area contributed by atoms with Crippen LogP contribution in [-0.2, 0) is 4.79 Å². The van der Waals surface area contributed by atoms with Gasteiger partial charge in [-0.1, -0.05) is 24.3 Å². The number of amides is 1. The third-order valence-corrected chi connectivity index (χ3v) is 2.69. The van der Waals surface area contributed by atoms with E-state index in [9.17, 15) is 4.79 Å². The zero-order valence-electron chi connectivity index (χ0n) is 10.3. The van der Waals surface area contributed by atoms with Gasteiger partial charge in [-0.15, -0.1) is 6.58 Å². The van der Waals surface area contributed by atoms with Crippen LogP contribution >= 0.6 is 0 Å². The first kappa shape index (κ1) is 12.7. The molecular weight excluding hydrogens is 238 g/mol. The Morgan fingerprint density at radius 1 is 1.47 bits per heavy atom. The van der Waals surface area contributed by atoms with Crippen LogP contribution in [0.4, 0.5) is 0 Å². The number of rotatable bonds is 4. The molecule has 2 rings (SSSR count). The minimum absolute atomic E-state index is 0.0756. The highest BCUT2D eigenvalue weighted by atomic mass is 16.1. The highest BCUT2D eigenvalue weighted by Gasteiger charge is 2.09. The van der Waals surface area contributed by atoms with Crippen molar-refractivity contribution in [2.75, 3.05) is 6.54 Å². The second-order valence-corrected chi connectivity index (χ2v) is 3.96. The molecule has 0 saturated heterocycles. The predicted octanol–water partition coefficient (Wildman–Crippen LogP) is 2.38. The van der Waals surface area contributed by atoms with E-state index in [2.05, 4.69) is 16.9 Å². The minimum atomic E-state index is -0.396. The standard InChI is InChI=1S/C15H13N3O/c1-2-7-17-15(19)11(9-16)8-12-10-18-14-6-4-3-5-13(12)14/h2-6,8,10,18H,1,7H2,(H,17,19)/b11-8+. The number of carbonyl (C=O) groups is 1. The Bertz CT molecular complexity index is 689. The Kier molecular flexibility index (Phi) is 3.79. The highest BCUT2D eigenvalue weighted by molar-refractivity contribution is 6.03. The molecule has 1 aromatic heterocycles. The topological polar surface area (TPSA) is 68.7 Å². The molecule has 0 aliphatic heterocycles. The number of nitrogens with zero attached hydrogens (tertiary/aromatic N) is 1. The summed E-state index contributed by atoms with van der Waals surface area (Å²) in [5, 5.41) is 12.6. The minimum Gasteiger partial charge on any atom is -0.361 e. The van der Waals surface area contributed by atoms with Crippen LogP contribution in [0.15, 0.2) is 48.7 Å². The first-order chi connectivity index (χ1) is 9.26. The largest absolute Gasteiger partial charge is 0.361 e. The van der Waals surface area contributed by atoms with Crippen molar-refractivity contribution >= 4 is 22.9 Å². The molecule has 2 aromatic rings. The van der Waals surface area contributed by atoms with E-state index in [4.69, 9.17) is 5.26 Å². The van der Waals surface area contributed by atoms with E-state index in [1.807, 2.05) is 30.3 Å². The molecule has 0 aliphatic rings. The molecule has 0 unspecified atom stereocenters. The first-order valence-electron chi connectivity index (χ1n) is 5.83. The van der Waals surface area contributed by atoms with Crippen LogP contribution in [-0.4, -0.2) is 17.4 Å². The normalized spacial score (nSPS) is 11.0. The molecule has 0 fully saturated rings. The van der Waals surface area contributed by atoms with Crippen molar-refractivity contribution in [1.29, 1.82) is 5.26 Å². The number of hydrogen-bond acceptors (Lipinski definition) is 2. The Morgan fingerprint density at radius 2 is 2.26 bits per heavy atom. The summed E-state index contributed by atoms with van der Waals surface area (Å²) in [4.78, 5) is 14.8. The molecule has 0 bridgehead atoms. The van der Waals surface area contributed by atoms with Gasteiger partial charge < -0.3 is 10.3 Å². The third kappa shape index (κ3) is 2.72. The van der Waals surface area contributed by atoms with Gasteiger partial charge in [0.1, 0.15) is 11.6 Å². The number of carbonyl (C=O) groups excluding carboxylic acids is 1. The smallest absolute Gasteiger partial charge is 0.262 e. The van der Waals surface area contributed by atoms with Gasteiger partial charge in [0.2, 0.25) is 0 Å². The molecule has 4 heteroatoms. The van der Waals surface area contributed by atoms with Gasteiger partial charge in [-0.2, -0.15) is 5.26 Å². The fraction of sp³-hybridized carbons (Fsp3) is 0.0667. The molecule has 0 aliphatic carbocycles. The monoisotopic (exact) mass is 251 g/mol. The van der Waals surface area contributed by atoms with Gasteiger partial charge in [-0.05, 0) is 12.1 Å². The maximum Gasteiger partial charge on any atom is 0.262 e. The summed E-state index contributed by atoms with van der Waals surface area (Å²) in [6, 6.07) is 9.63. The van der Waals surface area contributed by atoms with Crippen molar-refractivity contribution in [2.45, 2.75) is 0 Å². The summed E-state index contributed by atoms with van der Waals surface area (Å²) in [5.74, 6) is -0.396. The lowest BCUT2D eigenvalue weighted by molar-refractivity contribution is -0.116. The van der Waals surface area contributed by atoms with Crippen molar-refractivity contribution in [3.05, 3.63) is 54.3 Å². The zero-order chi connectivity index (χ0) is 13.7. The second kappa shape index (κ2) is 5.69. The average molecular weight is 251 g/mol. The fourth-order valence-corrected chi connectivity index (χ4v) is 1.78. The van der Waals surface area contributed by atoms with Crippen molar-refractivity contribution in [3.63, 3.8) is 0 Å². The van der Waals surface area contributed by atoms with E-state index >= 15 is 0 Å². The van der Waals surface area contributed by atoms with Crippen LogP contribution < -0.4 is 5.32 Å². The Morgan fingerprint density at radius 3 is 3.00 bits per heavy atom. The van der Waals surface area contributed by atoms with Crippen LogP contribution in [0.25, 0.3) is 17.0 Å². The second-order valence-electron chi connectivity index (χ2n) is 3.96. The number of para-hydroxylation sites is 1. The first-order valence-corrected chi connectivity index (χ1v) is 5.83. The lowest BCUT2D eigenvalue weighted by Gasteiger charge is -1.99. The Labute approximate surface area is 111 Å². The summed E-state index contributed by atoms with van der Waals surface area (Å²) in [6.07, 6.45) is 4.93. The number of aromatic amines is 1. The molecule has 94 valence electrons. The van der Waals surface area contributed by atoms with E-state index in [0.29, 0.717) is 6.54 Å². The molecule has 0 radical (unpaired) electrons. The van der Waals surface area contributed by atoms with E-state index in [1.165, 1.54) is 0 Å². The van der Waals surface area contributed by atoms with Crippen molar-refractivity contribution < 1.29 is 4.79 Å². The van der Waals surface area contributed by atoms with Gasteiger partial charge in [-0.3, -0.25) is 4.79 Å². The van der Waals surface area contributed by atoms with Crippen LogP contribution in [0.5, 0.6) is 0 Å². The maximum atomic E-state index is 11.7. The van der Waals surface area contributed by atoms with Crippen LogP contribution in [0.2, 0.25) is 0 Å². The number of fused-ring (bicyclic) bond motifs is 1. The van der Waals surface area contributed by atoms with Gasteiger partial charge >= 0.3 is 0 Å². The summed E-state index contributed by atoms with van der Waals surface area (Å²) in [6.45, 7) is 3.85. The number of benzene rings is 1. The number of hydrogen-bond donors (Lipinski definition) is 2. The molecule has 0 spiro atoms. The van der Waals surface area contributed by atoms with Crippen LogP contribution in [0.1, 0.15) is 5.56 Å². The molecular formula is C15H13N3O. The van der Waals surface area contributed by atoms with Gasteiger partial charge in [-0.25, -0.2) is 0 Å². The van der Waals surface area contributed by atoms with Gasteiger partial charge in [0, 0.05) is 29.2 Å². The average Bonchev–Trinajstić information content (AvgIpc) is 2.85. The molecule has 4 nitrogen and oxygen atoms in total. The summed E-state index contributed by atoms with van der Waals surface area (Å²) >= 11 is 0. The molecule has 19 heavy (non-hydrogen) atoms. The van der Waals surface area contributed by atoms with Crippen molar-refractivity contribution in [1.82, 2.24) is 10.3 Å². The van der Waals surface area contributed by atoms with E-state index in [1.54, 1.807) is 18.3 Å². The van der Waals surface area contributed by atoms with Gasteiger partial charge in [0.05, 0.1) is 0 Å². The summed E-state index contributed by atoms with van der Waals surface area (Å²) in [5.41, 5.74) is 1.87.